The van der Waals surface area contributed by atoms with Crippen molar-refractivity contribution in [1.82, 2.24) is 14.9 Å². The molecule has 3 rings (SSSR count). The van der Waals surface area contributed by atoms with Gasteiger partial charge in [-0.2, -0.15) is 10.2 Å². The van der Waals surface area contributed by atoms with Crippen LogP contribution in [0.2, 0.25) is 5.02 Å². The molecular formula is C21H23ClN4O3. The molecule has 1 aliphatic rings. The van der Waals surface area contributed by atoms with Gasteiger partial charge in [-0.25, -0.2) is 9.78 Å². The normalized spacial score (nSPS) is 16.4. The lowest BCUT2D eigenvalue weighted by molar-refractivity contribution is 0.0284. The van der Waals surface area contributed by atoms with Crippen molar-refractivity contribution >= 4 is 17.7 Å². The first-order valence-electron chi connectivity index (χ1n) is 9.39. The molecule has 1 amide bonds. The molecule has 7 nitrogen and oxygen atoms in total. The first-order valence-corrected chi connectivity index (χ1v) is 9.77. The Balaban J connectivity index is 1.60. The van der Waals surface area contributed by atoms with Gasteiger partial charge in [-0.3, -0.25) is 0 Å². The summed E-state index contributed by atoms with van der Waals surface area (Å²) in [4.78, 5) is 22.4. The lowest BCUT2D eigenvalue weighted by atomic mass is 10.1. The summed E-state index contributed by atoms with van der Waals surface area (Å²) in [7, 11) is 0. The highest BCUT2D eigenvalue weighted by Gasteiger charge is 2.30. The van der Waals surface area contributed by atoms with Gasteiger partial charge in [0, 0.05) is 24.6 Å². The molecule has 0 bridgehead atoms. The number of hydrogen-bond acceptors (Lipinski definition) is 6. The molecule has 0 saturated carbocycles. The summed E-state index contributed by atoms with van der Waals surface area (Å²) in [6.45, 7) is 7.17. The van der Waals surface area contributed by atoms with E-state index in [2.05, 4.69) is 16.0 Å². The summed E-state index contributed by atoms with van der Waals surface area (Å²) < 4.78 is 11.2. The summed E-state index contributed by atoms with van der Waals surface area (Å²) in [5.41, 5.74) is 1.37. The Bertz CT molecular complexity index is 919. The minimum Gasteiger partial charge on any atom is -0.463 e. The van der Waals surface area contributed by atoms with Gasteiger partial charge < -0.3 is 14.4 Å². The fraction of sp³-hybridized carbons (Fsp3) is 0.429. The number of benzene rings is 1. The van der Waals surface area contributed by atoms with Crippen molar-refractivity contribution in [3.8, 4) is 23.3 Å². The molecule has 1 unspecified atom stereocenters. The SMILES string of the molecule is CC(C)(C)OC(=O)N1CCC(COc2ncc(Cl)c(-c3ccc(C#N)cc3)n2)C1. The van der Waals surface area contributed by atoms with Gasteiger partial charge in [0.05, 0.1) is 35.2 Å². The van der Waals surface area contributed by atoms with E-state index in [1.165, 1.54) is 6.20 Å². The van der Waals surface area contributed by atoms with Crippen molar-refractivity contribution in [3.63, 3.8) is 0 Å². The maximum absolute atomic E-state index is 12.2. The summed E-state index contributed by atoms with van der Waals surface area (Å²) >= 11 is 6.23. The van der Waals surface area contributed by atoms with Gasteiger partial charge in [0.2, 0.25) is 0 Å². The zero-order valence-electron chi connectivity index (χ0n) is 16.7. The van der Waals surface area contributed by atoms with Crippen LogP contribution < -0.4 is 4.74 Å². The van der Waals surface area contributed by atoms with Crippen molar-refractivity contribution in [3.05, 3.63) is 41.0 Å². The van der Waals surface area contributed by atoms with Crippen molar-refractivity contribution in [2.45, 2.75) is 32.8 Å². The van der Waals surface area contributed by atoms with E-state index in [1.54, 1.807) is 29.2 Å². The largest absolute Gasteiger partial charge is 0.463 e. The van der Waals surface area contributed by atoms with Crippen LogP contribution in [0, 0.1) is 17.2 Å². The Morgan fingerprint density at radius 3 is 2.72 bits per heavy atom. The van der Waals surface area contributed by atoms with Crippen molar-refractivity contribution in [2.75, 3.05) is 19.7 Å². The molecule has 152 valence electrons. The Labute approximate surface area is 175 Å². The van der Waals surface area contributed by atoms with Crippen LogP contribution in [0.4, 0.5) is 4.79 Å². The van der Waals surface area contributed by atoms with Crippen molar-refractivity contribution < 1.29 is 14.3 Å². The number of carbonyl (C=O) groups is 1. The first kappa shape index (κ1) is 20.9. The van der Waals surface area contributed by atoms with Gasteiger partial charge >= 0.3 is 12.1 Å². The monoisotopic (exact) mass is 414 g/mol. The van der Waals surface area contributed by atoms with E-state index in [-0.39, 0.29) is 18.0 Å². The van der Waals surface area contributed by atoms with Gasteiger partial charge in [0.1, 0.15) is 5.60 Å². The fourth-order valence-electron chi connectivity index (χ4n) is 2.98. The summed E-state index contributed by atoms with van der Waals surface area (Å²) in [6.07, 6.45) is 2.03. The summed E-state index contributed by atoms with van der Waals surface area (Å²) in [5.74, 6) is 0.181. The van der Waals surface area contributed by atoms with Crippen molar-refractivity contribution in [2.24, 2.45) is 5.92 Å². The van der Waals surface area contributed by atoms with Crippen LogP contribution in [0.1, 0.15) is 32.8 Å². The summed E-state index contributed by atoms with van der Waals surface area (Å²) in [5, 5.41) is 9.33. The molecule has 1 atom stereocenters. The molecule has 2 heterocycles. The third-order valence-electron chi connectivity index (χ3n) is 4.40. The van der Waals surface area contributed by atoms with Crippen LogP contribution in [-0.4, -0.2) is 46.3 Å². The quantitative estimate of drug-likeness (QED) is 0.740. The second kappa shape index (κ2) is 8.66. The molecule has 0 spiro atoms. The van der Waals surface area contributed by atoms with Crippen LogP contribution in [0.25, 0.3) is 11.3 Å². The third kappa shape index (κ3) is 5.58. The number of nitrogens with zero attached hydrogens (tertiary/aromatic N) is 4. The molecule has 1 saturated heterocycles. The number of nitriles is 1. The van der Waals surface area contributed by atoms with E-state index in [0.29, 0.717) is 36.0 Å². The second-order valence-electron chi connectivity index (χ2n) is 7.93. The predicted octanol–water partition coefficient (Wildman–Crippen LogP) is 4.30. The number of aromatic nitrogens is 2. The molecule has 1 fully saturated rings. The number of amides is 1. The molecule has 0 aliphatic carbocycles. The number of carbonyl (C=O) groups excluding carboxylic acids is 1. The molecule has 2 aromatic rings. The minimum atomic E-state index is -0.509. The smallest absolute Gasteiger partial charge is 0.410 e. The van der Waals surface area contributed by atoms with E-state index in [9.17, 15) is 4.79 Å². The molecule has 0 radical (unpaired) electrons. The van der Waals surface area contributed by atoms with Gasteiger partial charge in [-0.05, 0) is 39.3 Å². The van der Waals surface area contributed by atoms with Crippen LogP contribution >= 0.6 is 11.6 Å². The number of hydrogen-bond donors (Lipinski definition) is 0. The predicted molar refractivity (Wildman–Crippen MR) is 109 cm³/mol. The first-order chi connectivity index (χ1) is 13.7. The highest BCUT2D eigenvalue weighted by molar-refractivity contribution is 6.32. The molecule has 29 heavy (non-hydrogen) atoms. The van der Waals surface area contributed by atoms with Crippen LogP contribution in [0.15, 0.2) is 30.5 Å². The Morgan fingerprint density at radius 1 is 1.34 bits per heavy atom. The van der Waals surface area contributed by atoms with E-state index in [0.717, 1.165) is 12.0 Å². The topological polar surface area (TPSA) is 88.3 Å². The number of likely N-dealkylation sites (tertiary alicyclic amines) is 1. The molecule has 0 N–H and O–H groups in total. The van der Waals surface area contributed by atoms with E-state index < -0.39 is 5.60 Å². The molecule has 1 aliphatic heterocycles. The highest BCUT2D eigenvalue weighted by Crippen LogP contribution is 2.27. The number of ether oxygens (including phenoxy) is 2. The molecular weight excluding hydrogens is 392 g/mol. The standard InChI is InChI=1S/C21H23ClN4O3/c1-21(2,3)29-20(27)26-9-8-15(12-26)13-28-19-24-11-17(22)18(25-19)16-6-4-14(10-23)5-7-16/h4-7,11,15H,8-9,12-13H2,1-3H3. The number of rotatable bonds is 4. The van der Waals surface area contributed by atoms with Crippen molar-refractivity contribution in [1.29, 1.82) is 5.26 Å². The van der Waals surface area contributed by atoms with Crippen LogP contribution in [0.5, 0.6) is 6.01 Å². The van der Waals surface area contributed by atoms with Gasteiger partial charge in [-0.1, -0.05) is 23.7 Å². The number of halogens is 1. The summed E-state index contributed by atoms with van der Waals surface area (Å²) in [6, 6.07) is 9.29. The Hall–Kier alpha value is -2.85. The zero-order chi connectivity index (χ0) is 21.0. The average molecular weight is 415 g/mol. The van der Waals surface area contributed by atoms with Gasteiger partial charge in [-0.15, -0.1) is 0 Å². The third-order valence-corrected chi connectivity index (χ3v) is 4.67. The Morgan fingerprint density at radius 2 is 2.07 bits per heavy atom. The lowest BCUT2D eigenvalue weighted by Crippen LogP contribution is -2.35. The maximum atomic E-state index is 12.2. The minimum absolute atomic E-state index is 0.181. The van der Waals surface area contributed by atoms with Crippen LogP contribution in [0.3, 0.4) is 0 Å². The van der Waals surface area contributed by atoms with E-state index in [1.807, 2.05) is 20.8 Å². The second-order valence-corrected chi connectivity index (χ2v) is 8.34. The lowest BCUT2D eigenvalue weighted by Gasteiger charge is -2.24. The molecule has 1 aromatic heterocycles. The zero-order valence-corrected chi connectivity index (χ0v) is 17.4. The van der Waals surface area contributed by atoms with E-state index in [4.69, 9.17) is 26.3 Å². The average Bonchev–Trinajstić information content (AvgIpc) is 3.15. The maximum Gasteiger partial charge on any atom is 0.410 e. The van der Waals surface area contributed by atoms with Gasteiger partial charge in [0.25, 0.3) is 0 Å². The molecule has 8 heteroatoms. The Kier molecular flexibility index (Phi) is 6.23. The molecule has 1 aromatic carbocycles. The van der Waals surface area contributed by atoms with Gasteiger partial charge in [0.15, 0.2) is 0 Å². The van der Waals surface area contributed by atoms with E-state index >= 15 is 0 Å². The van der Waals surface area contributed by atoms with Crippen LogP contribution in [-0.2, 0) is 4.74 Å². The fourth-order valence-corrected chi connectivity index (χ4v) is 3.18. The highest BCUT2D eigenvalue weighted by atomic mass is 35.5.